The van der Waals surface area contributed by atoms with Crippen LogP contribution in [0.5, 0.6) is 0 Å². The van der Waals surface area contributed by atoms with Crippen LogP contribution in [0, 0.1) is 24.7 Å². The summed E-state index contributed by atoms with van der Waals surface area (Å²) < 4.78 is 31.7. The molecule has 3 aliphatic rings. The first-order valence-corrected chi connectivity index (χ1v) is 9.76. The second-order valence-corrected chi connectivity index (χ2v) is 9.08. The van der Waals surface area contributed by atoms with Gasteiger partial charge in [0.25, 0.3) is 0 Å². The summed E-state index contributed by atoms with van der Waals surface area (Å²) in [6.45, 7) is 6.17. The Balaban J connectivity index is 1.25. The van der Waals surface area contributed by atoms with Crippen molar-refractivity contribution in [2.24, 2.45) is 17.8 Å². The van der Waals surface area contributed by atoms with Gasteiger partial charge in [0.2, 0.25) is 11.8 Å². The fraction of sp³-hybridized carbons (Fsp3) is 0.722. The summed E-state index contributed by atoms with van der Waals surface area (Å²) in [5.41, 5.74) is 0. The monoisotopic (exact) mass is 370 g/mol. The van der Waals surface area contributed by atoms with E-state index in [0.29, 0.717) is 19.1 Å². The lowest BCUT2D eigenvalue weighted by atomic mass is 9.80. The van der Waals surface area contributed by atoms with Crippen molar-refractivity contribution in [1.82, 2.24) is 10.2 Å². The summed E-state index contributed by atoms with van der Waals surface area (Å²) in [7, 11) is 0. The van der Waals surface area contributed by atoms with E-state index in [-0.39, 0.29) is 30.8 Å². The van der Waals surface area contributed by atoms with Crippen molar-refractivity contribution in [3.63, 3.8) is 0 Å². The van der Waals surface area contributed by atoms with Gasteiger partial charge in [-0.1, -0.05) is 0 Å². The summed E-state index contributed by atoms with van der Waals surface area (Å²) in [6, 6.07) is 4.33. The topological polar surface area (TPSA) is 41.6 Å². The van der Waals surface area contributed by atoms with Gasteiger partial charge in [0.1, 0.15) is 0 Å². The third-order valence-electron chi connectivity index (χ3n) is 5.69. The standard InChI is InChI=1S/C18H24F2N2O2S/c1-11-2-3-14(25-11)7-22-8-15-13(10-24-16(15)9-22)6-21-17(23)12-4-18(19,20)5-12/h2-3,12-13,15-16H,4-10H2,1H3,(H,21,23)/t13-,15-,16-/m1/s1. The number of rotatable bonds is 5. The lowest BCUT2D eigenvalue weighted by Crippen LogP contribution is -2.46. The second-order valence-electron chi connectivity index (χ2n) is 7.71. The molecular formula is C18H24F2N2O2S. The van der Waals surface area contributed by atoms with Gasteiger partial charge >= 0.3 is 0 Å². The number of amides is 1. The number of hydrogen-bond acceptors (Lipinski definition) is 4. The van der Waals surface area contributed by atoms with E-state index in [4.69, 9.17) is 4.74 Å². The van der Waals surface area contributed by atoms with Crippen LogP contribution in [0.25, 0.3) is 0 Å². The van der Waals surface area contributed by atoms with E-state index in [9.17, 15) is 13.6 Å². The van der Waals surface area contributed by atoms with Crippen LogP contribution in [0.2, 0.25) is 0 Å². The number of likely N-dealkylation sites (tertiary alicyclic amines) is 1. The fourth-order valence-corrected chi connectivity index (χ4v) is 5.17. The number of halogens is 2. The smallest absolute Gasteiger partial charge is 0.249 e. The zero-order valence-corrected chi connectivity index (χ0v) is 15.2. The number of nitrogens with zero attached hydrogens (tertiary/aromatic N) is 1. The number of carbonyl (C=O) groups is 1. The Morgan fingerprint density at radius 3 is 2.88 bits per heavy atom. The Morgan fingerprint density at radius 2 is 2.20 bits per heavy atom. The highest BCUT2D eigenvalue weighted by Crippen LogP contribution is 2.42. The molecule has 1 aromatic rings. The number of carbonyl (C=O) groups excluding carboxylic acids is 1. The van der Waals surface area contributed by atoms with Crippen LogP contribution in [0.1, 0.15) is 22.6 Å². The maximum absolute atomic E-state index is 12.9. The second kappa shape index (κ2) is 6.59. The van der Waals surface area contributed by atoms with Crippen molar-refractivity contribution in [3.05, 3.63) is 21.9 Å². The normalized spacial score (nSPS) is 31.7. The van der Waals surface area contributed by atoms with Crippen molar-refractivity contribution in [3.8, 4) is 0 Å². The molecule has 3 heterocycles. The van der Waals surface area contributed by atoms with Crippen LogP contribution in [-0.2, 0) is 16.1 Å². The molecule has 3 fully saturated rings. The summed E-state index contributed by atoms with van der Waals surface area (Å²) in [4.78, 5) is 17.1. The average Bonchev–Trinajstić information content (AvgIpc) is 3.19. The van der Waals surface area contributed by atoms with Gasteiger partial charge in [0.15, 0.2) is 0 Å². The molecule has 25 heavy (non-hydrogen) atoms. The van der Waals surface area contributed by atoms with E-state index < -0.39 is 11.8 Å². The lowest BCUT2D eigenvalue weighted by Gasteiger charge is -2.34. The summed E-state index contributed by atoms with van der Waals surface area (Å²) >= 11 is 1.83. The lowest BCUT2D eigenvalue weighted by molar-refractivity contribution is -0.150. The molecule has 1 aliphatic carbocycles. The molecule has 2 aliphatic heterocycles. The number of aryl methyl sites for hydroxylation is 1. The molecule has 138 valence electrons. The molecule has 1 N–H and O–H groups in total. The molecule has 1 amide bonds. The predicted molar refractivity (Wildman–Crippen MR) is 91.7 cm³/mol. The van der Waals surface area contributed by atoms with Crippen LogP contribution < -0.4 is 5.32 Å². The first-order valence-electron chi connectivity index (χ1n) is 8.94. The zero-order chi connectivity index (χ0) is 17.6. The molecule has 3 atom stereocenters. The molecule has 0 aromatic carbocycles. The first-order chi connectivity index (χ1) is 11.9. The highest BCUT2D eigenvalue weighted by molar-refractivity contribution is 7.11. The van der Waals surface area contributed by atoms with Crippen molar-refractivity contribution in [2.75, 3.05) is 26.2 Å². The molecule has 1 saturated carbocycles. The van der Waals surface area contributed by atoms with E-state index in [1.165, 1.54) is 9.75 Å². The van der Waals surface area contributed by atoms with Gasteiger partial charge in [-0.05, 0) is 19.1 Å². The Morgan fingerprint density at radius 1 is 1.40 bits per heavy atom. The zero-order valence-electron chi connectivity index (χ0n) is 14.3. The first kappa shape index (κ1) is 17.4. The number of thiophene rings is 1. The van der Waals surface area contributed by atoms with Gasteiger partial charge < -0.3 is 10.1 Å². The van der Waals surface area contributed by atoms with Gasteiger partial charge in [0, 0.05) is 66.5 Å². The van der Waals surface area contributed by atoms with E-state index in [1.807, 2.05) is 11.3 Å². The van der Waals surface area contributed by atoms with Crippen LogP contribution >= 0.6 is 11.3 Å². The molecule has 0 radical (unpaired) electrons. The minimum absolute atomic E-state index is 0.224. The number of hydrogen-bond donors (Lipinski definition) is 1. The molecule has 0 unspecified atom stereocenters. The summed E-state index contributed by atoms with van der Waals surface area (Å²) in [6.07, 6.45) is -0.379. The Labute approximate surface area is 150 Å². The van der Waals surface area contributed by atoms with Gasteiger partial charge in [-0.2, -0.15) is 0 Å². The molecule has 7 heteroatoms. The van der Waals surface area contributed by atoms with Crippen LogP contribution in [0.15, 0.2) is 12.1 Å². The molecule has 0 spiro atoms. The van der Waals surface area contributed by atoms with Crippen molar-refractivity contribution < 1.29 is 18.3 Å². The molecule has 0 bridgehead atoms. The molecular weight excluding hydrogens is 346 g/mol. The molecule has 4 rings (SSSR count). The number of alkyl halides is 2. The van der Waals surface area contributed by atoms with Crippen LogP contribution in [-0.4, -0.2) is 49.1 Å². The predicted octanol–water partition coefficient (Wildman–Crippen LogP) is 2.66. The highest BCUT2D eigenvalue weighted by Gasteiger charge is 2.49. The average molecular weight is 370 g/mol. The van der Waals surface area contributed by atoms with Gasteiger partial charge in [-0.15, -0.1) is 11.3 Å². The number of nitrogens with one attached hydrogen (secondary N) is 1. The Kier molecular flexibility index (Phi) is 4.58. The van der Waals surface area contributed by atoms with Crippen molar-refractivity contribution in [1.29, 1.82) is 0 Å². The van der Waals surface area contributed by atoms with E-state index >= 15 is 0 Å². The third-order valence-corrected chi connectivity index (χ3v) is 6.67. The number of ether oxygens (including phenoxy) is 1. The van der Waals surface area contributed by atoms with Crippen LogP contribution in [0.4, 0.5) is 8.78 Å². The maximum atomic E-state index is 12.9. The molecule has 1 aromatic heterocycles. The molecule has 2 saturated heterocycles. The minimum atomic E-state index is -2.64. The van der Waals surface area contributed by atoms with Gasteiger partial charge in [-0.3, -0.25) is 9.69 Å². The number of fused-ring (bicyclic) bond motifs is 1. The highest BCUT2D eigenvalue weighted by atomic mass is 32.1. The van der Waals surface area contributed by atoms with E-state index in [2.05, 4.69) is 29.3 Å². The van der Waals surface area contributed by atoms with Gasteiger partial charge in [0.05, 0.1) is 12.7 Å². The summed E-state index contributed by atoms with van der Waals surface area (Å²) in [5, 5.41) is 2.88. The molecule has 4 nitrogen and oxygen atoms in total. The Hall–Kier alpha value is -1.05. The fourth-order valence-electron chi connectivity index (χ4n) is 4.23. The van der Waals surface area contributed by atoms with Crippen LogP contribution in [0.3, 0.4) is 0 Å². The van der Waals surface area contributed by atoms with E-state index in [1.54, 1.807) is 0 Å². The largest absolute Gasteiger partial charge is 0.376 e. The van der Waals surface area contributed by atoms with Crippen molar-refractivity contribution >= 4 is 17.2 Å². The quantitative estimate of drug-likeness (QED) is 0.866. The Bertz CT molecular complexity index is 643. The van der Waals surface area contributed by atoms with Gasteiger partial charge in [-0.25, -0.2) is 8.78 Å². The SMILES string of the molecule is Cc1ccc(CN2C[C@@H]3[C@H](CNC(=O)C4CC(F)(F)C4)CO[C@@H]3C2)s1. The summed E-state index contributed by atoms with van der Waals surface area (Å²) in [5.74, 6) is -2.68. The maximum Gasteiger partial charge on any atom is 0.249 e. The third kappa shape index (κ3) is 3.73. The van der Waals surface area contributed by atoms with E-state index in [0.717, 1.165) is 19.6 Å². The minimum Gasteiger partial charge on any atom is -0.376 e. The van der Waals surface area contributed by atoms with Crippen molar-refractivity contribution in [2.45, 2.75) is 38.3 Å².